The van der Waals surface area contributed by atoms with Crippen molar-refractivity contribution in [3.05, 3.63) is 34.3 Å². The third-order valence-corrected chi connectivity index (χ3v) is 3.42. The number of carbonyl (C=O) groups excluding carboxylic acids is 1. The molecule has 8 heteroatoms. The Bertz CT molecular complexity index is 571. The molecular weight excluding hydrogens is 345 g/mol. The zero-order valence-electron chi connectivity index (χ0n) is 14.1. The van der Waals surface area contributed by atoms with E-state index in [1.165, 1.54) is 12.1 Å². The average Bonchev–Trinajstić information content (AvgIpc) is 2.41. The van der Waals surface area contributed by atoms with E-state index >= 15 is 0 Å². The van der Waals surface area contributed by atoms with Crippen LogP contribution >= 0.6 is 11.6 Å². The summed E-state index contributed by atoms with van der Waals surface area (Å²) >= 11 is 5.83. The lowest BCUT2D eigenvalue weighted by Gasteiger charge is -2.21. The quantitative estimate of drug-likeness (QED) is 0.814. The highest BCUT2D eigenvalue weighted by atomic mass is 35.5. The fourth-order valence-corrected chi connectivity index (χ4v) is 2.14. The number of benzene rings is 1. The molecule has 1 atom stereocenters. The molecular formula is C16H22ClF3N2O2. The average molecular weight is 367 g/mol. The second-order valence-electron chi connectivity index (χ2n) is 6.44. The van der Waals surface area contributed by atoms with Gasteiger partial charge in [-0.2, -0.15) is 13.2 Å². The second-order valence-corrected chi connectivity index (χ2v) is 6.82. The molecule has 1 rings (SSSR count). The molecule has 0 saturated heterocycles. The highest BCUT2D eigenvalue weighted by Gasteiger charge is 2.33. The van der Waals surface area contributed by atoms with Gasteiger partial charge in [0.2, 0.25) is 0 Å². The molecule has 136 valence electrons. The molecule has 0 spiro atoms. The van der Waals surface area contributed by atoms with Crippen molar-refractivity contribution in [2.24, 2.45) is 0 Å². The zero-order chi connectivity index (χ0) is 18.5. The number of rotatable bonds is 5. The lowest BCUT2D eigenvalue weighted by atomic mass is 10.1. The number of hydrogen-bond donors (Lipinski definition) is 2. The maximum Gasteiger partial charge on any atom is 0.417 e. The minimum absolute atomic E-state index is 0.153. The SMILES string of the molecule is CC(CNC(=O)OC(C)(C)C)NCc1cccc(C(F)(F)F)c1Cl. The molecule has 0 aliphatic rings. The van der Waals surface area contributed by atoms with Gasteiger partial charge in [0.25, 0.3) is 0 Å². The van der Waals surface area contributed by atoms with E-state index in [0.717, 1.165) is 6.07 Å². The third-order valence-electron chi connectivity index (χ3n) is 2.98. The molecule has 0 saturated carbocycles. The summed E-state index contributed by atoms with van der Waals surface area (Å²) in [5, 5.41) is 5.29. The van der Waals surface area contributed by atoms with Crippen molar-refractivity contribution in [2.75, 3.05) is 6.54 Å². The summed E-state index contributed by atoms with van der Waals surface area (Å²) in [7, 11) is 0. The van der Waals surface area contributed by atoms with Crippen molar-refractivity contribution in [3.8, 4) is 0 Å². The van der Waals surface area contributed by atoms with Crippen molar-refractivity contribution in [1.29, 1.82) is 0 Å². The Kier molecular flexibility index (Phi) is 6.92. The van der Waals surface area contributed by atoms with Crippen LogP contribution < -0.4 is 10.6 Å². The van der Waals surface area contributed by atoms with E-state index < -0.39 is 23.4 Å². The highest BCUT2D eigenvalue weighted by molar-refractivity contribution is 6.32. The molecule has 1 unspecified atom stereocenters. The van der Waals surface area contributed by atoms with Crippen LogP contribution in [0.1, 0.15) is 38.8 Å². The molecule has 0 radical (unpaired) electrons. The smallest absolute Gasteiger partial charge is 0.417 e. The summed E-state index contributed by atoms with van der Waals surface area (Å²) in [5.74, 6) is 0. The second kappa shape index (κ2) is 8.07. The Hall–Kier alpha value is -1.47. The number of ether oxygens (including phenoxy) is 1. The lowest BCUT2D eigenvalue weighted by molar-refractivity contribution is -0.137. The van der Waals surface area contributed by atoms with Crippen molar-refractivity contribution < 1.29 is 22.7 Å². The number of nitrogens with one attached hydrogen (secondary N) is 2. The Morgan fingerprint density at radius 3 is 2.46 bits per heavy atom. The molecule has 0 aliphatic carbocycles. The number of halogens is 4. The van der Waals surface area contributed by atoms with Crippen LogP contribution in [0.3, 0.4) is 0 Å². The molecule has 1 aromatic carbocycles. The van der Waals surface area contributed by atoms with Gasteiger partial charge < -0.3 is 15.4 Å². The van der Waals surface area contributed by atoms with E-state index in [1.807, 2.05) is 0 Å². The van der Waals surface area contributed by atoms with E-state index in [9.17, 15) is 18.0 Å². The molecule has 1 aromatic rings. The Morgan fingerprint density at radius 1 is 1.29 bits per heavy atom. The lowest BCUT2D eigenvalue weighted by Crippen LogP contribution is -2.41. The van der Waals surface area contributed by atoms with Crippen LogP contribution in [-0.4, -0.2) is 24.3 Å². The summed E-state index contributed by atoms with van der Waals surface area (Å²) in [5.41, 5.74) is -1.11. The van der Waals surface area contributed by atoms with Crippen molar-refractivity contribution in [3.63, 3.8) is 0 Å². The van der Waals surface area contributed by atoms with Crippen LogP contribution in [0.4, 0.5) is 18.0 Å². The number of carbonyl (C=O) groups is 1. The first-order chi connectivity index (χ1) is 10.9. The van der Waals surface area contributed by atoms with Gasteiger partial charge in [0.15, 0.2) is 0 Å². The van der Waals surface area contributed by atoms with E-state index in [4.69, 9.17) is 16.3 Å². The Morgan fingerprint density at radius 2 is 1.92 bits per heavy atom. The first-order valence-electron chi connectivity index (χ1n) is 7.45. The molecule has 0 aromatic heterocycles. The van der Waals surface area contributed by atoms with Crippen LogP contribution in [0.2, 0.25) is 5.02 Å². The van der Waals surface area contributed by atoms with Crippen LogP contribution in [0, 0.1) is 0 Å². The molecule has 0 aliphatic heterocycles. The van der Waals surface area contributed by atoms with E-state index in [1.54, 1.807) is 27.7 Å². The molecule has 24 heavy (non-hydrogen) atoms. The molecule has 4 nitrogen and oxygen atoms in total. The van der Waals surface area contributed by atoms with Crippen LogP contribution in [0.15, 0.2) is 18.2 Å². The third kappa shape index (κ3) is 6.97. The van der Waals surface area contributed by atoms with E-state index in [0.29, 0.717) is 5.56 Å². The van der Waals surface area contributed by atoms with Crippen molar-refractivity contribution >= 4 is 17.7 Å². The molecule has 0 heterocycles. The number of amides is 1. The first-order valence-corrected chi connectivity index (χ1v) is 7.83. The molecule has 0 bridgehead atoms. The molecule has 2 N–H and O–H groups in total. The number of hydrogen-bond acceptors (Lipinski definition) is 3. The van der Waals surface area contributed by atoms with Gasteiger partial charge in [-0.1, -0.05) is 23.7 Å². The molecule has 0 fully saturated rings. The van der Waals surface area contributed by atoms with Crippen molar-refractivity contribution in [1.82, 2.24) is 10.6 Å². The predicted octanol–water partition coefficient (Wildman–Crippen LogP) is 4.36. The van der Waals surface area contributed by atoms with Crippen LogP contribution in [-0.2, 0) is 17.5 Å². The van der Waals surface area contributed by atoms with Gasteiger partial charge in [-0.15, -0.1) is 0 Å². The topological polar surface area (TPSA) is 50.4 Å². The first kappa shape index (κ1) is 20.6. The largest absolute Gasteiger partial charge is 0.444 e. The number of alkyl carbamates (subject to hydrolysis) is 1. The summed E-state index contributed by atoms with van der Waals surface area (Å²) in [4.78, 5) is 11.5. The molecule has 1 amide bonds. The van der Waals surface area contributed by atoms with Gasteiger partial charge in [0.05, 0.1) is 10.6 Å². The van der Waals surface area contributed by atoms with Gasteiger partial charge in [-0.25, -0.2) is 4.79 Å². The summed E-state index contributed by atoms with van der Waals surface area (Å²) in [6.45, 7) is 7.47. The van der Waals surface area contributed by atoms with Gasteiger partial charge in [-0.3, -0.25) is 0 Å². The zero-order valence-corrected chi connectivity index (χ0v) is 14.8. The van der Waals surface area contributed by atoms with Crippen molar-refractivity contribution in [2.45, 2.75) is 52.1 Å². The van der Waals surface area contributed by atoms with Gasteiger partial charge in [-0.05, 0) is 39.3 Å². The van der Waals surface area contributed by atoms with E-state index in [2.05, 4.69) is 10.6 Å². The van der Waals surface area contributed by atoms with Gasteiger partial charge in [0.1, 0.15) is 5.60 Å². The van der Waals surface area contributed by atoms with Crippen LogP contribution in [0.25, 0.3) is 0 Å². The predicted molar refractivity (Wildman–Crippen MR) is 87.0 cm³/mol. The minimum Gasteiger partial charge on any atom is -0.444 e. The normalized spacial score (nSPS) is 13.5. The van der Waals surface area contributed by atoms with E-state index in [-0.39, 0.29) is 24.2 Å². The Balaban J connectivity index is 2.54. The standard InChI is InChI=1S/C16H22ClF3N2O2/c1-10(8-22-14(23)24-15(2,3)4)21-9-11-6-5-7-12(13(11)17)16(18,19)20/h5-7,10,21H,8-9H2,1-4H3,(H,22,23). The Labute approximate surface area is 144 Å². The fraction of sp³-hybridized carbons (Fsp3) is 0.562. The summed E-state index contributed by atoms with van der Waals surface area (Å²) < 4.78 is 43.5. The summed E-state index contributed by atoms with van der Waals surface area (Å²) in [6.07, 6.45) is -5.04. The fourth-order valence-electron chi connectivity index (χ4n) is 1.84. The highest BCUT2D eigenvalue weighted by Crippen LogP contribution is 2.36. The van der Waals surface area contributed by atoms with Gasteiger partial charge in [0, 0.05) is 19.1 Å². The number of alkyl halides is 3. The maximum absolute atomic E-state index is 12.8. The summed E-state index contributed by atoms with van der Waals surface area (Å²) in [6, 6.07) is 3.61. The van der Waals surface area contributed by atoms with Gasteiger partial charge >= 0.3 is 12.3 Å². The monoisotopic (exact) mass is 366 g/mol. The minimum atomic E-state index is -4.49. The van der Waals surface area contributed by atoms with Crippen LogP contribution in [0.5, 0.6) is 0 Å². The maximum atomic E-state index is 12.8.